The molecule has 1 aromatic rings. The molecule has 1 aromatic carbocycles. The zero-order chi connectivity index (χ0) is 17.2. The Morgan fingerprint density at radius 1 is 1.08 bits per heavy atom. The first-order valence-corrected chi connectivity index (χ1v) is 9.58. The van der Waals surface area contributed by atoms with Crippen LogP contribution in [0, 0.1) is 0 Å². The molecule has 1 amide bonds. The Hall–Kier alpha value is -0.890. The van der Waals surface area contributed by atoms with Crippen molar-refractivity contribution < 1.29 is 4.79 Å². The fourth-order valence-corrected chi connectivity index (χ4v) is 4.27. The van der Waals surface area contributed by atoms with Gasteiger partial charge in [0, 0.05) is 56.4 Å². The van der Waals surface area contributed by atoms with Crippen molar-refractivity contribution in [1.29, 1.82) is 0 Å². The molecule has 3 unspecified atom stereocenters. The number of hydrogen-bond acceptors (Lipinski definition) is 5. The Kier molecular flexibility index (Phi) is 6.77. The molecule has 26 heavy (non-hydrogen) atoms. The summed E-state index contributed by atoms with van der Waals surface area (Å²) >= 11 is 5.96. The van der Waals surface area contributed by atoms with Crippen LogP contribution in [0.1, 0.15) is 24.4 Å². The third-order valence-electron chi connectivity index (χ3n) is 5.62. The summed E-state index contributed by atoms with van der Waals surface area (Å²) in [5.74, 6) is 0.224. The van der Waals surface area contributed by atoms with E-state index in [0.717, 1.165) is 62.7 Å². The van der Waals surface area contributed by atoms with E-state index in [2.05, 4.69) is 21.1 Å². The zero-order valence-corrected chi connectivity index (χ0v) is 16.4. The summed E-state index contributed by atoms with van der Waals surface area (Å²) in [6.45, 7) is 6.03. The van der Waals surface area contributed by atoms with E-state index in [0.29, 0.717) is 6.04 Å². The Morgan fingerprint density at radius 3 is 2.54 bits per heavy atom. The number of hydrazine groups is 1. The zero-order valence-electron chi connectivity index (χ0n) is 14.8. The van der Waals surface area contributed by atoms with E-state index >= 15 is 0 Å². The van der Waals surface area contributed by atoms with Crippen molar-refractivity contribution in [2.24, 2.45) is 0 Å². The number of amides is 1. The van der Waals surface area contributed by atoms with Gasteiger partial charge in [-0.15, -0.1) is 12.4 Å². The highest BCUT2D eigenvalue weighted by Gasteiger charge is 2.37. The minimum Gasteiger partial charge on any atom is -0.340 e. The van der Waals surface area contributed by atoms with Crippen LogP contribution in [0.3, 0.4) is 0 Å². The number of rotatable bonds is 3. The number of piperazine rings is 1. The molecule has 4 rings (SSSR count). The Balaban J connectivity index is 0.00000196. The molecular formula is C18H27Cl2N5O. The van der Waals surface area contributed by atoms with Gasteiger partial charge in [0.1, 0.15) is 6.04 Å². The average Bonchev–Trinajstić information content (AvgIpc) is 3.33. The molecule has 3 fully saturated rings. The van der Waals surface area contributed by atoms with Crippen LogP contribution >= 0.6 is 24.0 Å². The minimum atomic E-state index is -0.151. The largest absolute Gasteiger partial charge is 0.340 e. The van der Waals surface area contributed by atoms with Gasteiger partial charge >= 0.3 is 0 Å². The summed E-state index contributed by atoms with van der Waals surface area (Å²) in [6.07, 6.45) is 1.86. The highest BCUT2D eigenvalue weighted by molar-refractivity contribution is 6.30. The molecular weight excluding hydrogens is 373 g/mol. The summed E-state index contributed by atoms with van der Waals surface area (Å²) in [6, 6.07) is 8.35. The number of halogens is 2. The molecule has 3 saturated heterocycles. The smallest absolute Gasteiger partial charge is 0.241 e. The Bertz CT molecular complexity index is 608. The van der Waals surface area contributed by atoms with Crippen LogP contribution in [0.5, 0.6) is 0 Å². The minimum absolute atomic E-state index is 0. The lowest BCUT2D eigenvalue weighted by Crippen LogP contribution is -2.50. The molecule has 3 heterocycles. The van der Waals surface area contributed by atoms with Crippen molar-refractivity contribution in [2.45, 2.75) is 31.0 Å². The highest BCUT2D eigenvalue weighted by Crippen LogP contribution is 2.26. The van der Waals surface area contributed by atoms with Gasteiger partial charge in [0.15, 0.2) is 0 Å². The van der Waals surface area contributed by atoms with E-state index in [1.165, 1.54) is 0 Å². The average molecular weight is 400 g/mol. The summed E-state index contributed by atoms with van der Waals surface area (Å²) < 4.78 is 0. The quantitative estimate of drug-likeness (QED) is 0.712. The van der Waals surface area contributed by atoms with Gasteiger partial charge in [-0.1, -0.05) is 23.7 Å². The number of likely N-dealkylation sites (tertiary alicyclic amines) is 1. The number of hydrogen-bond donors (Lipinski definition) is 3. The van der Waals surface area contributed by atoms with Crippen molar-refractivity contribution >= 4 is 29.9 Å². The third-order valence-corrected chi connectivity index (χ3v) is 5.87. The lowest BCUT2D eigenvalue weighted by Gasteiger charge is -2.32. The van der Waals surface area contributed by atoms with Crippen LogP contribution in [0.15, 0.2) is 24.3 Å². The van der Waals surface area contributed by atoms with E-state index in [4.69, 9.17) is 11.6 Å². The molecule has 3 aliphatic heterocycles. The topological polar surface area (TPSA) is 59.6 Å². The maximum Gasteiger partial charge on any atom is 0.241 e. The third kappa shape index (κ3) is 4.32. The highest BCUT2D eigenvalue weighted by atomic mass is 35.5. The van der Waals surface area contributed by atoms with Crippen molar-refractivity contribution in [3.05, 3.63) is 34.9 Å². The van der Waals surface area contributed by atoms with Crippen LogP contribution in [-0.2, 0) is 4.79 Å². The summed E-state index contributed by atoms with van der Waals surface area (Å²) in [5.41, 5.74) is 7.61. The second-order valence-corrected chi connectivity index (χ2v) is 7.63. The summed E-state index contributed by atoms with van der Waals surface area (Å²) in [4.78, 5) is 17.4. The van der Waals surface area contributed by atoms with Gasteiger partial charge in [-0.3, -0.25) is 9.69 Å². The molecule has 144 valence electrons. The molecule has 6 nitrogen and oxygen atoms in total. The predicted molar refractivity (Wildman–Crippen MR) is 106 cm³/mol. The fraction of sp³-hybridized carbons (Fsp3) is 0.611. The molecule has 0 aliphatic carbocycles. The van der Waals surface area contributed by atoms with Crippen molar-refractivity contribution in [2.75, 3.05) is 39.3 Å². The van der Waals surface area contributed by atoms with Gasteiger partial charge in [-0.2, -0.15) is 0 Å². The standard InChI is InChI=1S/C18H26ClN5O.ClH/c19-14-3-1-13(2-4-14)16-11-17(22-21-16)18(25)24-8-5-15(12-24)23-9-6-20-7-10-23;/h1-4,15-17,20-22H,5-12H2;1H. The van der Waals surface area contributed by atoms with Gasteiger partial charge in [0.25, 0.3) is 0 Å². The molecule has 3 atom stereocenters. The molecule has 0 aromatic heterocycles. The number of carbonyl (C=O) groups excluding carboxylic acids is 1. The summed E-state index contributed by atoms with van der Waals surface area (Å²) in [7, 11) is 0. The molecule has 0 spiro atoms. The Morgan fingerprint density at radius 2 is 1.81 bits per heavy atom. The normalized spacial score (nSPS) is 29.6. The molecule has 3 N–H and O–H groups in total. The monoisotopic (exact) mass is 399 g/mol. The molecule has 0 saturated carbocycles. The van der Waals surface area contributed by atoms with E-state index < -0.39 is 0 Å². The molecule has 3 aliphatic rings. The van der Waals surface area contributed by atoms with E-state index in [-0.39, 0.29) is 30.4 Å². The van der Waals surface area contributed by atoms with Crippen LogP contribution in [0.4, 0.5) is 0 Å². The lowest BCUT2D eigenvalue weighted by molar-refractivity contribution is -0.132. The van der Waals surface area contributed by atoms with Gasteiger partial charge in [0.2, 0.25) is 5.91 Å². The van der Waals surface area contributed by atoms with Crippen molar-refractivity contribution in [3.8, 4) is 0 Å². The summed E-state index contributed by atoms with van der Waals surface area (Å²) in [5, 5.41) is 4.13. The van der Waals surface area contributed by atoms with Gasteiger partial charge in [-0.05, 0) is 30.5 Å². The first kappa shape index (κ1) is 19.9. The molecule has 8 heteroatoms. The van der Waals surface area contributed by atoms with Crippen molar-refractivity contribution in [1.82, 2.24) is 26.0 Å². The number of nitrogens with one attached hydrogen (secondary N) is 3. The number of nitrogens with zero attached hydrogens (tertiary/aromatic N) is 2. The SMILES string of the molecule is Cl.O=C(C1CC(c2ccc(Cl)cc2)NN1)N1CCC(N2CCNCC2)C1. The molecule has 0 radical (unpaired) electrons. The lowest BCUT2D eigenvalue weighted by atomic mass is 10.0. The van der Waals surface area contributed by atoms with Gasteiger partial charge < -0.3 is 10.2 Å². The predicted octanol–water partition coefficient (Wildman–Crippen LogP) is 1.18. The maximum atomic E-state index is 12.9. The molecule has 0 bridgehead atoms. The van der Waals surface area contributed by atoms with Crippen LogP contribution in [-0.4, -0.2) is 67.1 Å². The second kappa shape index (κ2) is 8.87. The van der Waals surface area contributed by atoms with Crippen LogP contribution < -0.4 is 16.2 Å². The number of benzene rings is 1. The van der Waals surface area contributed by atoms with Gasteiger partial charge in [-0.25, -0.2) is 10.9 Å². The first-order valence-electron chi connectivity index (χ1n) is 9.21. The van der Waals surface area contributed by atoms with Crippen LogP contribution in [0.25, 0.3) is 0 Å². The van der Waals surface area contributed by atoms with E-state index in [1.807, 2.05) is 29.2 Å². The van der Waals surface area contributed by atoms with Crippen LogP contribution in [0.2, 0.25) is 5.02 Å². The van der Waals surface area contributed by atoms with E-state index in [9.17, 15) is 4.79 Å². The number of carbonyl (C=O) groups is 1. The van der Waals surface area contributed by atoms with Crippen molar-refractivity contribution in [3.63, 3.8) is 0 Å². The fourth-order valence-electron chi connectivity index (χ4n) is 4.14. The van der Waals surface area contributed by atoms with Gasteiger partial charge in [0.05, 0.1) is 0 Å². The Labute approximate surface area is 166 Å². The maximum absolute atomic E-state index is 12.9. The first-order chi connectivity index (χ1) is 12.2. The van der Waals surface area contributed by atoms with E-state index in [1.54, 1.807) is 0 Å². The second-order valence-electron chi connectivity index (χ2n) is 7.19.